The number of rotatable bonds is 4. The van der Waals surface area contributed by atoms with Crippen molar-refractivity contribution in [1.82, 2.24) is 9.97 Å². The van der Waals surface area contributed by atoms with Gasteiger partial charge in [0.25, 0.3) is 0 Å². The highest BCUT2D eigenvalue weighted by Gasteiger charge is 2.30. The standard InChI is InChI=1S/C12H13Cl2N3O/c1-7-9(10(13)17-11(14)16-7)4-5-12(3,6-15)8(2)18/h4-5H2,1-3H3. The Balaban J connectivity index is 2.95. The number of aryl methyl sites for hydroxylation is 1. The number of carbonyl (C=O) groups excluding carboxylic acids is 1. The molecule has 1 unspecified atom stereocenters. The molecule has 96 valence electrons. The summed E-state index contributed by atoms with van der Waals surface area (Å²) in [6.45, 7) is 4.80. The van der Waals surface area contributed by atoms with Crippen molar-refractivity contribution in [3.63, 3.8) is 0 Å². The smallest absolute Gasteiger partial charge is 0.224 e. The van der Waals surface area contributed by atoms with Gasteiger partial charge in [-0.1, -0.05) is 11.6 Å². The normalized spacial score (nSPS) is 13.8. The van der Waals surface area contributed by atoms with Crippen LogP contribution in [-0.4, -0.2) is 15.8 Å². The van der Waals surface area contributed by atoms with Crippen LogP contribution in [0.1, 0.15) is 31.5 Å². The van der Waals surface area contributed by atoms with Gasteiger partial charge in [-0.3, -0.25) is 4.79 Å². The first-order valence-electron chi connectivity index (χ1n) is 5.41. The van der Waals surface area contributed by atoms with Gasteiger partial charge in [0.15, 0.2) is 0 Å². The lowest BCUT2D eigenvalue weighted by atomic mass is 9.82. The third kappa shape index (κ3) is 3.18. The predicted octanol–water partition coefficient (Wildman–Crippen LogP) is 3.14. The van der Waals surface area contributed by atoms with E-state index in [9.17, 15) is 4.79 Å². The molecule has 18 heavy (non-hydrogen) atoms. The van der Waals surface area contributed by atoms with Crippen molar-refractivity contribution in [2.45, 2.75) is 33.6 Å². The van der Waals surface area contributed by atoms with E-state index in [1.807, 2.05) is 6.07 Å². The molecule has 1 rings (SSSR count). The summed E-state index contributed by atoms with van der Waals surface area (Å²) in [6, 6.07) is 2.04. The Morgan fingerprint density at radius 3 is 2.50 bits per heavy atom. The molecule has 1 aromatic rings. The molecule has 1 atom stereocenters. The van der Waals surface area contributed by atoms with Gasteiger partial charge in [0.05, 0.1) is 6.07 Å². The van der Waals surface area contributed by atoms with Gasteiger partial charge in [-0.2, -0.15) is 5.26 Å². The molecule has 0 saturated heterocycles. The van der Waals surface area contributed by atoms with Gasteiger partial charge in [0, 0.05) is 11.3 Å². The number of hydrogen-bond acceptors (Lipinski definition) is 4. The molecule has 0 bridgehead atoms. The van der Waals surface area contributed by atoms with Crippen LogP contribution in [0.15, 0.2) is 0 Å². The number of Topliss-reactive ketones (excluding diaryl/α,β-unsaturated/α-hetero) is 1. The summed E-state index contributed by atoms with van der Waals surface area (Å²) in [5, 5.41) is 9.43. The highest BCUT2D eigenvalue weighted by molar-refractivity contribution is 6.32. The zero-order valence-corrected chi connectivity index (χ0v) is 11.9. The number of ketones is 1. The van der Waals surface area contributed by atoms with Gasteiger partial charge in [-0.15, -0.1) is 0 Å². The fraction of sp³-hybridized carbons (Fsp3) is 0.500. The maximum Gasteiger partial charge on any atom is 0.224 e. The third-order valence-corrected chi connectivity index (χ3v) is 3.52. The van der Waals surface area contributed by atoms with Crippen molar-refractivity contribution in [3.8, 4) is 6.07 Å². The van der Waals surface area contributed by atoms with Gasteiger partial charge in [-0.05, 0) is 45.2 Å². The summed E-state index contributed by atoms with van der Waals surface area (Å²) in [5.74, 6) is -0.159. The van der Waals surface area contributed by atoms with E-state index in [0.29, 0.717) is 18.5 Å². The highest BCUT2D eigenvalue weighted by Crippen LogP contribution is 2.27. The molecule has 1 aromatic heterocycles. The summed E-state index contributed by atoms with van der Waals surface area (Å²) in [4.78, 5) is 19.3. The maximum absolute atomic E-state index is 11.4. The Morgan fingerprint density at radius 2 is 2.06 bits per heavy atom. The van der Waals surface area contributed by atoms with Gasteiger partial charge < -0.3 is 0 Å². The molecule has 0 saturated carbocycles. The molecule has 0 N–H and O–H groups in total. The van der Waals surface area contributed by atoms with Gasteiger partial charge >= 0.3 is 0 Å². The molecule has 0 aliphatic carbocycles. The minimum Gasteiger partial charge on any atom is -0.298 e. The second-order valence-electron chi connectivity index (χ2n) is 4.35. The van der Waals surface area contributed by atoms with E-state index >= 15 is 0 Å². The largest absolute Gasteiger partial charge is 0.298 e. The SMILES string of the molecule is CC(=O)C(C)(C#N)CCc1c(C)nc(Cl)nc1Cl. The molecule has 0 aromatic carbocycles. The summed E-state index contributed by atoms with van der Waals surface area (Å²) < 4.78 is 0. The van der Waals surface area contributed by atoms with Crippen molar-refractivity contribution in [3.05, 3.63) is 21.7 Å². The Kier molecular flexibility index (Phi) is 4.66. The van der Waals surface area contributed by atoms with Crippen LogP contribution in [0.4, 0.5) is 0 Å². The lowest BCUT2D eigenvalue weighted by molar-refractivity contribution is -0.123. The van der Waals surface area contributed by atoms with Crippen molar-refractivity contribution in [2.75, 3.05) is 0 Å². The first-order chi connectivity index (χ1) is 8.30. The fourth-order valence-electron chi connectivity index (χ4n) is 1.50. The van der Waals surface area contributed by atoms with Crippen molar-refractivity contribution < 1.29 is 4.79 Å². The van der Waals surface area contributed by atoms with Crippen LogP contribution in [0.25, 0.3) is 0 Å². The second kappa shape index (κ2) is 5.64. The molecule has 6 heteroatoms. The molecule has 0 aliphatic rings. The monoisotopic (exact) mass is 285 g/mol. The highest BCUT2D eigenvalue weighted by atomic mass is 35.5. The van der Waals surface area contributed by atoms with Crippen LogP contribution in [0.5, 0.6) is 0 Å². The summed E-state index contributed by atoms with van der Waals surface area (Å²) in [7, 11) is 0. The summed E-state index contributed by atoms with van der Waals surface area (Å²) >= 11 is 11.7. The minimum absolute atomic E-state index is 0.0934. The van der Waals surface area contributed by atoms with Crippen LogP contribution in [0, 0.1) is 23.7 Å². The molecule has 0 fully saturated rings. The van der Waals surface area contributed by atoms with Crippen LogP contribution in [-0.2, 0) is 11.2 Å². The molecular weight excluding hydrogens is 273 g/mol. The summed E-state index contributed by atoms with van der Waals surface area (Å²) in [5.41, 5.74) is 0.391. The van der Waals surface area contributed by atoms with Gasteiger partial charge in [0.2, 0.25) is 5.28 Å². The Bertz CT molecular complexity index is 502. The fourth-order valence-corrected chi connectivity index (χ4v) is 2.06. The van der Waals surface area contributed by atoms with E-state index in [1.165, 1.54) is 6.92 Å². The average Bonchev–Trinajstić information content (AvgIpc) is 2.26. The Hall–Kier alpha value is -1.18. The average molecular weight is 286 g/mol. The van der Waals surface area contributed by atoms with E-state index < -0.39 is 5.41 Å². The van der Waals surface area contributed by atoms with Gasteiger partial charge in [-0.25, -0.2) is 9.97 Å². The minimum atomic E-state index is -1.00. The zero-order valence-electron chi connectivity index (χ0n) is 10.4. The molecule has 0 amide bonds. The van der Waals surface area contributed by atoms with E-state index in [1.54, 1.807) is 13.8 Å². The van der Waals surface area contributed by atoms with E-state index in [0.717, 1.165) is 5.56 Å². The Morgan fingerprint density at radius 1 is 1.44 bits per heavy atom. The van der Waals surface area contributed by atoms with E-state index in [-0.39, 0.29) is 16.2 Å². The summed E-state index contributed by atoms with van der Waals surface area (Å²) in [6.07, 6.45) is 0.843. The number of aromatic nitrogens is 2. The van der Waals surface area contributed by atoms with Crippen molar-refractivity contribution >= 4 is 29.0 Å². The van der Waals surface area contributed by atoms with Gasteiger partial charge in [0.1, 0.15) is 16.4 Å². The number of hydrogen-bond donors (Lipinski definition) is 0. The number of nitrogens with zero attached hydrogens (tertiary/aromatic N) is 3. The van der Waals surface area contributed by atoms with Crippen LogP contribution >= 0.6 is 23.2 Å². The van der Waals surface area contributed by atoms with Crippen LogP contribution in [0.2, 0.25) is 10.4 Å². The van der Waals surface area contributed by atoms with E-state index in [2.05, 4.69) is 9.97 Å². The third-order valence-electron chi connectivity index (χ3n) is 3.03. The number of halogens is 2. The molecule has 0 aliphatic heterocycles. The number of nitriles is 1. The molecule has 0 spiro atoms. The second-order valence-corrected chi connectivity index (χ2v) is 5.04. The van der Waals surface area contributed by atoms with E-state index in [4.69, 9.17) is 28.5 Å². The first kappa shape index (κ1) is 14.9. The maximum atomic E-state index is 11.4. The number of carbonyl (C=O) groups is 1. The zero-order chi connectivity index (χ0) is 13.9. The molecule has 0 radical (unpaired) electrons. The van der Waals surface area contributed by atoms with Crippen molar-refractivity contribution in [1.29, 1.82) is 5.26 Å². The molecule has 4 nitrogen and oxygen atoms in total. The van der Waals surface area contributed by atoms with Crippen molar-refractivity contribution in [2.24, 2.45) is 5.41 Å². The predicted molar refractivity (Wildman–Crippen MR) is 69.5 cm³/mol. The molecule has 1 heterocycles. The quantitative estimate of drug-likeness (QED) is 0.630. The lowest BCUT2D eigenvalue weighted by Crippen LogP contribution is -2.24. The van der Waals surface area contributed by atoms with Crippen LogP contribution in [0.3, 0.4) is 0 Å². The first-order valence-corrected chi connectivity index (χ1v) is 6.16. The topological polar surface area (TPSA) is 66.6 Å². The van der Waals surface area contributed by atoms with Crippen LogP contribution < -0.4 is 0 Å². The lowest BCUT2D eigenvalue weighted by Gasteiger charge is -2.18. The Labute approximate surface area is 116 Å². The molecular formula is C12H13Cl2N3O.